The van der Waals surface area contributed by atoms with Gasteiger partial charge in [0.25, 0.3) is 0 Å². The van der Waals surface area contributed by atoms with E-state index in [9.17, 15) is 4.79 Å². The van der Waals surface area contributed by atoms with Crippen LogP contribution in [-0.2, 0) is 4.79 Å². The van der Waals surface area contributed by atoms with E-state index in [-0.39, 0.29) is 12.0 Å². The van der Waals surface area contributed by atoms with E-state index in [0.717, 1.165) is 45.3 Å². The average molecular weight is 346 g/mol. The van der Waals surface area contributed by atoms with E-state index in [4.69, 9.17) is 6.42 Å². The Hall–Kier alpha value is -2.31. The monoisotopic (exact) mass is 346 g/mol. The summed E-state index contributed by atoms with van der Waals surface area (Å²) >= 11 is 0. The largest absolute Gasteiger partial charge is 0.335 e. The van der Waals surface area contributed by atoms with Gasteiger partial charge in [0, 0.05) is 12.5 Å². The number of benzene rings is 2. The van der Waals surface area contributed by atoms with Crippen LogP contribution >= 0.6 is 0 Å². The van der Waals surface area contributed by atoms with Crippen LogP contribution in [0.4, 0.5) is 0 Å². The maximum Gasteiger partial charge on any atom is 0.226 e. The van der Waals surface area contributed by atoms with E-state index in [0.29, 0.717) is 12.5 Å². The summed E-state index contributed by atoms with van der Waals surface area (Å²) < 4.78 is 0. The molecule has 2 aliphatic rings. The number of hydrogen-bond acceptors (Lipinski definition) is 2. The van der Waals surface area contributed by atoms with Gasteiger partial charge >= 0.3 is 0 Å². The van der Waals surface area contributed by atoms with E-state index in [2.05, 4.69) is 58.2 Å². The number of piperidine rings is 1. The van der Waals surface area contributed by atoms with Crippen molar-refractivity contribution in [2.45, 2.75) is 31.7 Å². The van der Waals surface area contributed by atoms with E-state index in [1.165, 1.54) is 16.3 Å². The second-order valence-corrected chi connectivity index (χ2v) is 7.51. The molecule has 2 heterocycles. The zero-order valence-corrected chi connectivity index (χ0v) is 15.2. The van der Waals surface area contributed by atoms with Crippen molar-refractivity contribution in [3.8, 4) is 12.3 Å². The first-order chi connectivity index (χ1) is 12.8. The fourth-order valence-electron chi connectivity index (χ4n) is 4.60. The second-order valence-electron chi connectivity index (χ2n) is 7.51. The van der Waals surface area contributed by atoms with Gasteiger partial charge < -0.3 is 4.90 Å². The summed E-state index contributed by atoms with van der Waals surface area (Å²) in [5.74, 6) is 3.21. The molecule has 2 aromatic rings. The highest BCUT2D eigenvalue weighted by Crippen LogP contribution is 2.37. The molecule has 2 aromatic carbocycles. The highest BCUT2D eigenvalue weighted by Gasteiger charge is 2.35. The maximum absolute atomic E-state index is 13.3. The molecular weight excluding hydrogens is 320 g/mol. The maximum atomic E-state index is 13.3. The molecule has 0 N–H and O–H groups in total. The summed E-state index contributed by atoms with van der Waals surface area (Å²) in [5, 5.41) is 2.54. The molecular formula is C23H26N2O. The molecule has 0 spiro atoms. The predicted octanol–water partition coefficient (Wildman–Crippen LogP) is 3.85. The zero-order valence-electron chi connectivity index (χ0n) is 15.2. The normalized spacial score (nSPS) is 21.8. The van der Waals surface area contributed by atoms with Crippen molar-refractivity contribution in [1.82, 2.24) is 9.80 Å². The zero-order chi connectivity index (χ0) is 17.9. The van der Waals surface area contributed by atoms with E-state index in [1.807, 2.05) is 0 Å². The van der Waals surface area contributed by atoms with Gasteiger partial charge in [-0.1, -0.05) is 48.4 Å². The summed E-state index contributed by atoms with van der Waals surface area (Å²) in [6.45, 7) is 3.46. The van der Waals surface area contributed by atoms with Crippen LogP contribution in [0, 0.1) is 18.3 Å². The van der Waals surface area contributed by atoms with Gasteiger partial charge in [-0.2, -0.15) is 0 Å². The van der Waals surface area contributed by atoms with Crippen LogP contribution in [0.25, 0.3) is 10.8 Å². The van der Waals surface area contributed by atoms with Crippen molar-refractivity contribution < 1.29 is 4.79 Å². The van der Waals surface area contributed by atoms with Crippen molar-refractivity contribution >= 4 is 16.7 Å². The van der Waals surface area contributed by atoms with Crippen LogP contribution in [0.5, 0.6) is 0 Å². The lowest BCUT2D eigenvalue weighted by atomic mass is 9.93. The number of rotatable bonds is 3. The van der Waals surface area contributed by atoms with Crippen LogP contribution in [0.3, 0.4) is 0 Å². The fraction of sp³-hybridized carbons (Fsp3) is 0.435. The fourth-order valence-corrected chi connectivity index (χ4v) is 4.60. The SMILES string of the molecule is C#CCN1CCC(C(=O)N2CCCC2c2cccc3ccccc23)CC1. The molecule has 0 bridgehead atoms. The van der Waals surface area contributed by atoms with Crippen molar-refractivity contribution in [3.05, 3.63) is 48.0 Å². The number of carbonyl (C=O) groups excluding carboxylic acids is 1. The quantitative estimate of drug-likeness (QED) is 0.788. The van der Waals surface area contributed by atoms with Gasteiger partial charge in [0.2, 0.25) is 5.91 Å². The minimum Gasteiger partial charge on any atom is -0.335 e. The number of nitrogens with zero attached hydrogens (tertiary/aromatic N) is 2. The number of terminal acetylenes is 1. The highest BCUT2D eigenvalue weighted by molar-refractivity contribution is 5.87. The van der Waals surface area contributed by atoms with Gasteiger partial charge in [-0.25, -0.2) is 0 Å². The molecule has 134 valence electrons. The Kier molecular flexibility index (Phi) is 4.95. The first-order valence-corrected chi connectivity index (χ1v) is 9.72. The lowest BCUT2D eigenvalue weighted by Gasteiger charge is -2.34. The third-order valence-electron chi connectivity index (χ3n) is 5.97. The Morgan fingerprint density at radius 3 is 2.62 bits per heavy atom. The lowest BCUT2D eigenvalue weighted by Crippen LogP contribution is -2.42. The second kappa shape index (κ2) is 7.51. The summed E-state index contributed by atoms with van der Waals surface area (Å²) in [6, 6.07) is 15.2. The van der Waals surface area contributed by atoms with Crippen LogP contribution in [0.15, 0.2) is 42.5 Å². The molecule has 2 aliphatic heterocycles. The van der Waals surface area contributed by atoms with Gasteiger partial charge in [0.1, 0.15) is 0 Å². The Morgan fingerprint density at radius 2 is 1.81 bits per heavy atom. The molecule has 0 radical (unpaired) electrons. The predicted molar refractivity (Wildman–Crippen MR) is 106 cm³/mol. The first kappa shape index (κ1) is 17.1. The van der Waals surface area contributed by atoms with Gasteiger partial charge in [-0.15, -0.1) is 6.42 Å². The van der Waals surface area contributed by atoms with Crippen LogP contribution in [0.2, 0.25) is 0 Å². The number of likely N-dealkylation sites (tertiary alicyclic amines) is 2. The molecule has 3 heteroatoms. The van der Waals surface area contributed by atoms with Crippen molar-refractivity contribution in [1.29, 1.82) is 0 Å². The van der Waals surface area contributed by atoms with Gasteiger partial charge in [0.05, 0.1) is 12.6 Å². The lowest BCUT2D eigenvalue weighted by molar-refractivity contribution is -0.138. The molecule has 0 aromatic heterocycles. The van der Waals surface area contributed by atoms with Crippen molar-refractivity contribution in [2.75, 3.05) is 26.2 Å². The average Bonchev–Trinajstić information content (AvgIpc) is 3.17. The van der Waals surface area contributed by atoms with Gasteiger partial charge in [-0.05, 0) is 55.1 Å². The van der Waals surface area contributed by atoms with Gasteiger partial charge in [0.15, 0.2) is 0 Å². The third-order valence-corrected chi connectivity index (χ3v) is 5.97. The van der Waals surface area contributed by atoms with Crippen LogP contribution in [0.1, 0.15) is 37.3 Å². The molecule has 0 aliphatic carbocycles. The number of hydrogen-bond donors (Lipinski definition) is 0. The molecule has 0 saturated carbocycles. The summed E-state index contributed by atoms with van der Waals surface area (Å²) in [4.78, 5) is 17.7. The van der Waals surface area contributed by atoms with Crippen LogP contribution < -0.4 is 0 Å². The van der Waals surface area contributed by atoms with Gasteiger partial charge in [-0.3, -0.25) is 9.69 Å². The minimum atomic E-state index is 0.152. The van der Waals surface area contributed by atoms with Crippen molar-refractivity contribution in [3.63, 3.8) is 0 Å². The Labute approximate surface area is 156 Å². The summed E-state index contributed by atoms with van der Waals surface area (Å²) in [5.41, 5.74) is 1.30. The smallest absolute Gasteiger partial charge is 0.226 e. The molecule has 3 nitrogen and oxygen atoms in total. The summed E-state index contributed by atoms with van der Waals surface area (Å²) in [6.07, 6.45) is 9.43. The minimum absolute atomic E-state index is 0.152. The number of carbonyl (C=O) groups is 1. The Bertz CT molecular complexity index is 824. The molecule has 4 rings (SSSR count). The van der Waals surface area contributed by atoms with E-state index >= 15 is 0 Å². The number of amides is 1. The van der Waals surface area contributed by atoms with Crippen LogP contribution in [-0.4, -0.2) is 41.9 Å². The highest BCUT2D eigenvalue weighted by atomic mass is 16.2. The molecule has 1 atom stereocenters. The first-order valence-electron chi connectivity index (χ1n) is 9.72. The van der Waals surface area contributed by atoms with E-state index < -0.39 is 0 Å². The standard InChI is InChI=1S/C23H26N2O/c1-2-14-24-16-12-19(13-17-24)23(26)25-15-6-11-22(25)21-10-5-8-18-7-3-4-9-20(18)21/h1,3-5,7-10,19,22H,6,11-17H2. The third kappa shape index (κ3) is 3.22. The van der Waals surface area contributed by atoms with Crippen molar-refractivity contribution in [2.24, 2.45) is 5.92 Å². The topological polar surface area (TPSA) is 23.6 Å². The molecule has 1 unspecified atom stereocenters. The molecule has 1 amide bonds. The Morgan fingerprint density at radius 1 is 1.04 bits per heavy atom. The molecule has 26 heavy (non-hydrogen) atoms. The Balaban J connectivity index is 1.53. The summed E-state index contributed by atoms with van der Waals surface area (Å²) in [7, 11) is 0. The molecule has 2 fully saturated rings. The van der Waals surface area contributed by atoms with E-state index in [1.54, 1.807) is 0 Å². The number of fused-ring (bicyclic) bond motifs is 1. The molecule has 2 saturated heterocycles.